The van der Waals surface area contributed by atoms with E-state index in [4.69, 9.17) is 9.47 Å². The van der Waals surface area contributed by atoms with Gasteiger partial charge in [0.1, 0.15) is 36.6 Å². The SMILES string of the molecule is CCCC/C=C/CCCC(O)C(O)C(COC1OC(CO)C(O)C(O)C1O)NC(=O)C(O)CCCCCCCCCCCCCCCCCC/C=C\C/C=C\CCCCCCCCCCC. The van der Waals surface area contributed by atoms with E-state index >= 15 is 0 Å². The first-order valence-corrected chi connectivity index (χ1v) is 27.4. The Morgan fingerprint density at radius 1 is 0.530 bits per heavy atom. The quantitative estimate of drug-likeness (QED) is 0.0215. The maximum atomic E-state index is 13.1. The van der Waals surface area contributed by atoms with Crippen LogP contribution in [0, 0.1) is 0 Å². The van der Waals surface area contributed by atoms with Gasteiger partial charge in [0, 0.05) is 0 Å². The summed E-state index contributed by atoms with van der Waals surface area (Å²) in [6.45, 7) is 3.34. The lowest BCUT2D eigenvalue weighted by molar-refractivity contribution is -0.303. The number of ether oxygens (including phenoxy) is 2. The van der Waals surface area contributed by atoms with Gasteiger partial charge in [0.25, 0.3) is 0 Å². The lowest BCUT2D eigenvalue weighted by Gasteiger charge is -2.40. The number of hydrogen-bond acceptors (Lipinski definition) is 10. The van der Waals surface area contributed by atoms with Crippen molar-refractivity contribution in [3.8, 4) is 0 Å². The maximum absolute atomic E-state index is 13.1. The molecule has 1 fully saturated rings. The van der Waals surface area contributed by atoms with E-state index in [0.29, 0.717) is 12.8 Å². The van der Waals surface area contributed by atoms with E-state index in [9.17, 15) is 40.5 Å². The summed E-state index contributed by atoms with van der Waals surface area (Å²) in [5, 5.41) is 75.4. The molecule has 1 aliphatic heterocycles. The summed E-state index contributed by atoms with van der Waals surface area (Å²) in [5.41, 5.74) is 0. The number of allylic oxidation sites excluding steroid dienone is 6. The van der Waals surface area contributed by atoms with Gasteiger partial charge in [0.15, 0.2) is 6.29 Å². The fraction of sp³-hybridized carbons (Fsp3) is 0.873. The standard InChI is InChI=1S/C55H103NO10/c1-3-5-7-9-11-12-13-14-15-16-17-18-19-20-21-22-23-24-25-26-27-28-29-30-31-32-33-34-35-37-39-41-43-48(59)54(64)56-46(50(60)47(58)42-40-38-36-10-8-6-4-2)45-65-55-53(63)52(62)51(61)49(44-57)66-55/h10,17-18,20-21,36,46-53,55,57-63H,3-9,11-16,19,22-35,37-45H2,1-2H3,(H,56,64)/b18-17-,21-20-,36-10+. The first kappa shape index (κ1) is 62.3. The predicted octanol–water partition coefficient (Wildman–Crippen LogP) is 10.7. The van der Waals surface area contributed by atoms with Crippen LogP contribution in [0.1, 0.15) is 239 Å². The van der Waals surface area contributed by atoms with Crippen LogP contribution in [0.5, 0.6) is 0 Å². The largest absolute Gasteiger partial charge is 0.394 e. The number of carbonyl (C=O) groups excluding carboxylic acids is 1. The molecule has 0 bridgehead atoms. The molecular weight excluding hydrogens is 835 g/mol. The fourth-order valence-corrected chi connectivity index (χ4v) is 8.64. The Morgan fingerprint density at radius 2 is 0.955 bits per heavy atom. The fourth-order valence-electron chi connectivity index (χ4n) is 8.64. The third-order valence-corrected chi connectivity index (χ3v) is 13.2. The van der Waals surface area contributed by atoms with Gasteiger partial charge in [0.2, 0.25) is 5.91 Å². The van der Waals surface area contributed by atoms with E-state index in [1.807, 2.05) is 0 Å². The molecule has 0 radical (unpaired) electrons. The minimum Gasteiger partial charge on any atom is -0.394 e. The molecule has 8 N–H and O–H groups in total. The molecule has 0 aromatic heterocycles. The molecule has 0 aromatic carbocycles. The molecule has 1 aliphatic rings. The molecule has 0 aromatic rings. The summed E-state index contributed by atoms with van der Waals surface area (Å²) in [7, 11) is 0. The van der Waals surface area contributed by atoms with Crippen molar-refractivity contribution in [2.75, 3.05) is 13.2 Å². The van der Waals surface area contributed by atoms with Crippen LogP contribution in [-0.2, 0) is 14.3 Å². The lowest BCUT2D eigenvalue weighted by Crippen LogP contribution is -2.60. The number of aliphatic hydroxyl groups is 7. The molecule has 9 atom stereocenters. The third kappa shape index (κ3) is 33.0. The van der Waals surface area contributed by atoms with Crippen molar-refractivity contribution in [2.24, 2.45) is 0 Å². The van der Waals surface area contributed by atoms with Gasteiger partial charge in [-0.1, -0.05) is 211 Å². The monoisotopic (exact) mass is 938 g/mol. The number of rotatable bonds is 46. The molecule has 388 valence electrons. The van der Waals surface area contributed by atoms with Gasteiger partial charge in [-0.25, -0.2) is 0 Å². The van der Waals surface area contributed by atoms with Crippen molar-refractivity contribution in [1.82, 2.24) is 5.32 Å². The zero-order chi connectivity index (χ0) is 48.3. The number of unbranched alkanes of at least 4 members (excludes halogenated alkanes) is 28. The van der Waals surface area contributed by atoms with Crippen molar-refractivity contribution in [2.45, 2.75) is 294 Å². The van der Waals surface area contributed by atoms with Crippen molar-refractivity contribution in [3.05, 3.63) is 36.5 Å². The Morgan fingerprint density at radius 3 is 1.44 bits per heavy atom. The van der Waals surface area contributed by atoms with Gasteiger partial charge < -0.3 is 50.5 Å². The second-order valence-electron chi connectivity index (χ2n) is 19.3. The Bertz CT molecular complexity index is 1170. The van der Waals surface area contributed by atoms with E-state index in [1.165, 1.54) is 148 Å². The molecule has 0 saturated carbocycles. The number of nitrogens with one attached hydrogen (secondary N) is 1. The number of carbonyl (C=O) groups is 1. The second kappa shape index (κ2) is 44.5. The van der Waals surface area contributed by atoms with E-state index in [2.05, 4.69) is 55.6 Å². The summed E-state index contributed by atoms with van der Waals surface area (Å²) >= 11 is 0. The van der Waals surface area contributed by atoms with E-state index in [-0.39, 0.29) is 12.8 Å². The average Bonchev–Trinajstić information content (AvgIpc) is 3.32. The first-order valence-electron chi connectivity index (χ1n) is 27.4. The van der Waals surface area contributed by atoms with Crippen molar-refractivity contribution in [1.29, 1.82) is 0 Å². The summed E-state index contributed by atoms with van der Waals surface area (Å²) in [4.78, 5) is 13.1. The zero-order valence-corrected chi connectivity index (χ0v) is 42.2. The molecule has 66 heavy (non-hydrogen) atoms. The van der Waals surface area contributed by atoms with Gasteiger partial charge in [0.05, 0.1) is 25.4 Å². The highest BCUT2D eigenvalue weighted by molar-refractivity contribution is 5.80. The number of aliphatic hydroxyl groups excluding tert-OH is 7. The smallest absolute Gasteiger partial charge is 0.249 e. The lowest BCUT2D eigenvalue weighted by atomic mass is 9.98. The predicted molar refractivity (Wildman–Crippen MR) is 270 cm³/mol. The summed E-state index contributed by atoms with van der Waals surface area (Å²) < 4.78 is 11.0. The van der Waals surface area contributed by atoms with Gasteiger partial charge in [-0.15, -0.1) is 0 Å². The second-order valence-corrected chi connectivity index (χ2v) is 19.3. The molecule has 1 heterocycles. The zero-order valence-electron chi connectivity index (χ0n) is 42.2. The van der Waals surface area contributed by atoms with Crippen LogP contribution in [0.25, 0.3) is 0 Å². The van der Waals surface area contributed by atoms with E-state index < -0.39 is 74.2 Å². The third-order valence-electron chi connectivity index (χ3n) is 13.2. The van der Waals surface area contributed by atoms with Gasteiger partial charge in [-0.2, -0.15) is 0 Å². The highest BCUT2D eigenvalue weighted by Gasteiger charge is 2.44. The molecule has 0 aliphatic carbocycles. The van der Waals surface area contributed by atoms with Crippen LogP contribution in [0.3, 0.4) is 0 Å². The average molecular weight is 938 g/mol. The summed E-state index contributed by atoms with van der Waals surface area (Å²) in [5.74, 6) is -0.709. The van der Waals surface area contributed by atoms with Crippen molar-refractivity contribution < 1.29 is 50.0 Å². The van der Waals surface area contributed by atoms with E-state index in [0.717, 1.165) is 51.4 Å². The molecule has 1 rings (SSSR count). The van der Waals surface area contributed by atoms with E-state index in [1.54, 1.807) is 0 Å². The van der Waals surface area contributed by atoms with Crippen LogP contribution in [-0.4, -0.2) is 110 Å². The maximum Gasteiger partial charge on any atom is 0.249 e. The minimum atomic E-state index is -1.67. The molecular formula is C55H103NO10. The minimum absolute atomic E-state index is 0.254. The van der Waals surface area contributed by atoms with Crippen LogP contribution in [0.4, 0.5) is 0 Å². The van der Waals surface area contributed by atoms with Gasteiger partial charge in [-0.3, -0.25) is 4.79 Å². The summed E-state index contributed by atoms with van der Waals surface area (Å²) in [6.07, 6.45) is 42.7. The molecule has 11 heteroatoms. The van der Waals surface area contributed by atoms with Gasteiger partial charge >= 0.3 is 0 Å². The Hall–Kier alpha value is -1.67. The molecule has 9 unspecified atom stereocenters. The van der Waals surface area contributed by atoms with Crippen molar-refractivity contribution >= 4 is 5.91 Å². The number of hydrogen-bond donors (Lipinski definition) is 8. The molecule has 1 saturated heterocycles. The Labute approximate surface area is 403 Å². The van der Waals surface area contributed by atoms with Crippen molar-refractivity contribution in [3.63, 3.8) is 0 Å². The molecule has 0 spiro atoms. The highest BCUT2D eigenvalue weighted by atomic mass is 16.7. The molecule has 1 amide bonds. The summed E-state index contributed by atoms with van der Waals surface area (Å²) in [6, 6.07) is -1.18. The Kier molecular flexibility index (Phi) is 42.1. The Balaban J connectivity index is 2.14. The first-order chi connectivity index (χ1) is 32.2. The van der Waals surface area contributed by atoms with Crippen LogP contribution >= 0.6 is 0 Å². The van der Waals surface area contributed by atoms with Crippen LogP contribution in [0.2, 0.25) is 0 Å². The topological polar surface area (TPSA) is 189 Å². The number of amides is 1. The van der Waals surface area contributed by atoms with Crippen LogP contribution in [0.15, 0.2) is 36.5 Å². The normalized spacial score (nSPS) is 21.0. The molecule has 11 nitrogen and oxygen atoms in total. The highest BCUT2D eigenvalue weighted by Crippen LogP contribution is 2.23. The van der Waals surface area contributed by atoms with Crippen LogP contribution < -0.4 is 5.32 Å². The van der Waals surface area contributed by atoms with Gasteiger partial charge in [-0.05, 0) is 64.2 Å².